The molecule has 0 bridgehead atoms. The second-order valence-corrected chi connectivity index (χ2v) is 27.3. The van der Waals surface area contributed by atoms with Crippen molar-refractivity contribution in [1.29, 1.82) is 0 Å². The molecule has 3 heteroatoms. The van der Waals surface area contributed by atoms with Crippen LogP contribution in [0, 0.1) is 0 Å². The van der Waals surface area contributed by atoms with Crippen molar-refractivity contribution in [1.82, 2.24) is 0 Å². The first kappa shape index (κ1) is 73.1. The number of unbranched alkanes of at least 4 members (excludes halogenated alkanes) is 27. The van der Waals surface area contributed by atoms with Crippen molar-refractivity contribution in [2.24, 2.45) is 0 Å². The van der Waals surface area contributed by atoms with Gasteiger partial charge >= 0.3 is 99.6 Å². The number of benzene rings is 4. The third-order valence-corrected chi connectivity index (χ3v) is 20.0. The van der Waals surface area contributed by atoms with Crippen molar-refractivity contribution in [2.45, 2.75) is 341 Å². The van der Waals surface area contributed by atoms with E-state index < -0.39 is 0 Å². The van der Waals surface area contributed by atoms with E-state index in [1.165, 1.54) is 268 Å². The summed E-state index contributed by atoms with van der Waals surface area (Å²) in [6.07, 6.45) is 55.7. The van der Waals surface area contributed by atoms with Crippen molar-refractivity contribution >= 4 is 11.4 Å². The fraction of sp³-hybridized carbons (Fsp3) is 0.654. The molecule has 0 amide bonds. The monoisotopic (exact) mass is 1230 g/mol. The van der Waals surface area contributed by atoms with Crippen LogP contribution >= 0.6 is 0 Å². The zero-order valence-electron chi connectivity index (χ0n) is 56.1. The van der Waals surface area contributed by atoms with Crippen molar-refractivity contribution in [3.8, 4) is 0 Å². The molecule has 472 valence electrons. The molecule has 0 aromatic heterocycles. The number of nitrogens with zero attached hydrogens (tertiary/aromatic N) is 2. The van der Waals surface area contributed by atoms with Crippen LogP contribution in [-0.2, 0) is 66.3 Å². The summed E-state index contributed by atoms with van der Waals surface area (Å²) in [5.41, 5.74) is 33.1. The quantitative estimate of drug-likeness (QED) is 0.0239. The van der Waals surface area contributed by atoms with Crippen LogP contribution in [-0.4, -0.2) is 4.70 Å². The van der Waals surface area contributed by atoms with Crippen LogP contribution in [0.3, 0.4) is 0 Å². The van der Waals surface area contributed by atoms with E-state index in [0.717, 1.165) is 80.7 Å². The summed E-state index contributed by atoms with van der Waals surface area (Å²) in [5.74, 6) is 0. The van der Waals surface area contributed by atoms with Crippen LogP contribution in [0.15, 0.2) is 96.1 Å². The molecule has 0 unspecified atom stereocenters. The topological polar surface area (TPSA) is 25.3 Å². The Labute approximate surface area is 529 Å². The van der Waals surface area contributed by atoms with Gasteiger partial charge in [-0.15, -0.1) is 0 Å². The fourth-order valence-electron chi connectivity index (χ4n) is 12.8. The summed E-state index contributed by atoms with van der Waals surface area (Å²) in [7, 11) is 0. The Bertz CT molecular complexity index is 2270. The molecule has 0 atom stereocenters. The SMILES string of the molecule is CCCCCCCCCCCCCCCCCCCCCCCC1=C(c2cc(CCCC)c(CCCC)c(CCCC)c2)[N+](=[N-])C(c2cc(CCCC)c(CCCC)c(CCCC)c2)=C1CCCC.c1ccc([CH2][Pd][CH2]c2ccccc2)cc1. The number of aryl methyl sites for hydroxylation is 4. The van der Waals surface area contributed by atoms with Gasteiger partial charge < -0.3 is 5.53 Å². The van der Waals surface area contributed by atoms with Crippen molar-refractivity contribution in [3.63, 3.8) is 0 Å². The molecule has 1 aliphatic heterocycles. The fourth-order valence-corrected chi connectivity index (χ4v) is 14.6. The molecule has 0 fully saturated rings. The van der Waals surface area contributed by atoms with Gasteiger partial charge in [-0.25, -0.2) is 4.70 Å². The molecule has 1 aliphatic rings. The first-order valence-electron chi connectivity index (χ1n) is 36.2. The molecule has 0 radical (unpaired) electrons. The van der Waals surface area contributed by atoms with Gasteiger partial charge in [0.15, 0.2) is 0 Å². The van der Waals surface area contributed by atoms with E-state index in [0.29, 0.717) is 0 Å². The Kier molecular flexibility index (Phi) is 41.5. The second kappa shape index (κ2) is 47.7. The molecule has 0 N–H and O–H groups in total. The van der Waals surface area contributed by atoms with Crippen LogP contribution in [0.5, 0.6) is 0 Å². The summed E-state index contributed by atoms with van der Waals surface area (Å²) < 4.78 is 1.75. The van der Waals surface area contributed by atoms with E-state index in [9.17, 15) is 5.53 Å². The number of allylic oxidation sites excluding steroid dienone is 2. The minimum absolute atomic E-state index is 0.793. The van der Waals surface area contributed by atoms with Gasteiger partial charge in [0.1, 0.15) is 0 Å². The van der Waals surface area contributed by atoms with Crippen LogP contribution in [0.4, 0.5) is 0 Å². The third-order valence-electron chi connectivity index (χ3n) is 17.9. The molecule has 4 aromatic rings. The van der Waals surface area contributed by atoms with Crippen LogP contribution in [0.25, 0.3) is 16.9 Å². The molecular formula is C81H128N2Pd. The predicted molar refractivity (Wildman–Crippen MR) is 369 cm³/mol. The molecule has 0 aliphatic carbocycles. The summed E-state index contributed by atoms with van der Waals surface area (Å²) in [6.45, 7) is 18.7. The van der Waals surface area contributed by atoms with E-state index in [1.807, 2.05) is 0 Å². The summed E-state index contributed by atoms with van der Waals surface area (Å²) in [6, 6.07) is 31.7. The molecule has 0 saturated carbocycles. The van der Waals surface area contributed by atoms with Crippen LogP contribution < -0.4 is 0 Å². The maximum atomic E-state index is 13.1. The van der Waals surface area contributed by atoms with Crippen molar-refractivity contribution in [3.05, 3.63) is 157 Å². The maximum absolute atomic E-state index is 13.1. The summed E-state index contributed by atoms with van der Waals surface area (Å²) in [4.78, 5) is 2.45. The Morgan fingerprint density at radius 2 is 0.536 bits per heavy atom. The normalized spacial score (nSPS) is 12.5. The zero-order chi connectivity index (χ0) is 60.1. The van der Waals surface area contributed by atoms with E-state index in [4.69, 9.17) is 0 Å². The Morgan fingerprint density at radius 3 is 0.833 bits per heavy atom. The van der Waals surface area contributed by atoms with Gasteiger partial charge in [0.2, 0.25) is 11.4 Å². The first-order chi connectivity index (χ1) is 41.4. The minimum atomic E-state index is 0.793. The molecule has 2 nitrogen and oxygen atoms in total. The summed E-state index contributed by atoms with van der Waals surface area (Å²) in [5, 5.41) is 0. The van der Waals surface area contributed by atoms with E-state index in [-0.39, 0.29) is 0 Å². The van der Waals surface area contributed by atoms with Crippen molar-refractivity contribution < 1.29 is 22.7 Å². The van der Waals surface area contributed by atoms with Gasteiger partial charge in [0.05, 0.1) is 0 Å². The van der Waals surface area contributed by atoms with E-state index in [1.54, 1.807) is 38.1 Å². The summed E-state index contributed by atoms with van der Waals surface area (Å²) >= 11 is 0.793. The standard InChI is InChI=1S/C67H114N2.2C7H7.Pd/c1-9-17-25-26-27-28-29-30-31-32-33-34-35-36-37-38-39-40-41-42-43-51-65-64(50-24-16-8)66(60-52-56(44-18-10-2)62(48-22-14-6)57(53-60)45-19-11-3)69(68)67(65)61-54-58(46-20-12-4)63(49-23-15-7)59(55-61)47-21-13-5;2*1-7-5-3-2-4-6-7;/h52-55H,9-51H2,1-8H3;2*2-6H,1H2;. The molecule has 84 heavy (non-hydrogen) atoms. The van der Waals surface area contributed by atoms with Crippen molar-refractivity contribution in [2.75, 3.05) is 0 Å². The Morgan fingerprint density at radius 1 is 0.286 bits per heavy atom. The molecule has 0 saturated heterocycles. The van der Waals surface area contributed by atoms with E-state index in [2.05, 4.69) is 140 Å². The first-order valence-corrected chi connectivity index (χ1v) is 38.4. The zero-order valence-corrected chi connectivity index (χ0v) is 57.7. The average molecular weight is 1240 g/mol. The van der Waals surface area contributed by atoms with E-state index >= 15 is 0 Å². The van der Waals surface area contributed by atoms with Gasteiger partial charge in [-0.3, -0.25) is 0 Å². The average Bonchev–Trinajstić information content (AvgIpc) is 2.11. The molecule has 5 rings (SSSR count). The third kappa shape index (κ3) is 28.2. The predicted octanol–water partition coefficient (Wildman–Crippen LogP) is 26.2. The molecular weight excluding hydrogens is 1110 g/mol. The van der Waals surface area contributed by atoms with Gasteiger partial charge in [0, 0.05) is 22.3 Å². The number of rotatable bonds is 49. The van der Waals surface area contributed by atoms with Gasteiger partial charge in [-0.2, -0.15) is 0 Å². The second-order valence-electron chi connectivity index (χ2n) is 25.4. The Balaban J connectivity index is 0.000000864. The van der Waals surface area contributed by atoms with Gasteiger partial charge in [0.25, 0.3) is 0 Å². The number of hydrogen-bond acceptors (Lipinski definition) is 0. The van der Waals surface area contributed by atoms with Gasteiger partial charge in [-0.1, -0.05) is 229 Å². The van der Waals surface area contributed by atoms with Crippen LogP contribution in [0.1, 0.15) is 349 Å². The molecule has 4 aromatic carbocycles. The molecule has 1 heterocycles. The number of hydrogen-bond donors (Lipinski definition) is 0. The van der Waals surface area contributed by atoms with Gasteiger partial charge in [-0.05, 0) is 160 Å². The Hall–Kier alpha value is -3.38. The molecule has 0 spiro atoms. The van der Waals surface area contributed by atoms with Crippen LogP contribution in [0.2, 0.25) is 0 Å².